The summed E-state index contributed by atoms with van der Waals surface area (Å²) in [6.07, 6.45) is -4.03. The van der Waals surface area contributed by atoms with E-state index in [1.54, 1.807) is 0 Å². The zero-order valence-corrected chi connectivity index (χ0v) is 11.5. The van der Waals surface area contributed by atoms with Gasteiger partial charge in [-0.2, -0.15) is 13.2 Å². The molecule has 1 aromatic rings. The fourth-order valence-corrected chi connectivity index (χ4v) is 3.53. The van der Waals surface area contributed by atoms with Crippen LogP contribution in [-0.2, 0) is 16.3 Å². The van der Waals surface area contributed by atoms with Crippen molar-refractivity contribution in [3.63, 3.8) is 0 Å². The van der Waals surface area contributed by atoms with Gasteiger partial charge in [-0.3, -0.25) is 0 Å². The van der Waals surface area contributed by atoms with Gasteiger partial charge in [0.05, 0.1) is 4.90 Å². The Morgan fingerprint density at radius 3 is 2.42 bits per heavy atom. The number of hydrogen-bond acceptors (Lipinski definition) is 3. The molecule has 3 nitrogen and oxygen atoms in total. The van der Waals surface area contributed by atoms with E-state index in [0.29, 0.717) is 6.07 Å². The van der Waals surface area contributed by atoms with Gasteiger partial charge in [0.25, 0.3) is 9.84 Å². The van der Waals surface area contributed by atoms with Gasteiger partial charge >= 0.3 is 5.51 Å². The Kier molecular flexibility index (Phi) is 3.43. The van der Waals surface area contributed by atoms with Crippen LogP contribution in [-0.4, -0.2) is 25.2 Å². The van der Waals surface area contributed by atoms with E-state index in [1.165, 1.54) is 0 Å². The maximum absolute atomic E-state index is 13.4. The second-order valence-electron chi connectivity index (χ2n) is 4.05. The molecule has 0 radical (unpaired) electrons. The SMILES string of the molecule is O=S(=O)(c1ccc(Br)c2c1C(O)C(F)C2)C(F)(F)F. The smallest absolute Gasteiger partial charge is 0.385 e. The van der Waals surface area contributed by atoms with E-state index >= 15 is 0 Å². The second kappa shape index (κ2) is 4.42. The molecule has 1 aromatic carbocycles. The first kappa shape index (κ1) is 14.7. The highest BCUT2D eigenvalue weighted by atomic mass is 79.9. The van der Waals surface area contributed by atoms with Crippen LogP contribution in [0.4, 0.5) is 17.6 Å². The summed E-state index contributed by atoms with van der Waals surface area (Å²) in [4.78, 5) is -1.09. The van der Waals surface area contributed by atoms with Crippen molar-refractivity contribution >= 4 is 25.8 Å². The van der Waals surface area contributed by atoms with E-state index in [2.05, 4.69) is 15.9 Å². The van der Waals surface area contributed by atoms with Crippen LogP contribution in [0.5, 0.6) is 0 Å². The maximum Gasteiger partial charge on any atom is 0.501 e. The molecule has 0 saturated heterocycles. The first-order valence-electron chi connectivity index (χ1n) is 5.02. The maximum atomic E-state index is 13.4. The summed E-state index contributed by atoms with van der Waals surface area (Å²) < 4.78 is 74.1. The van der Waals surface area contributed by atoms with Crippen molar-refractivity contribution in [3.05, 3.63) is 27.7 Å². The molecule has 2 unspecified atom stereocenters. The molecule has 0 saturated carbocycles. The van der Waals surface area contributed by atoms with Gasteiger partial charge in [-0.05, 0) is 17.7 Å². The fourth-order valence-electron chi connectivity index (χ4n) is 1.99. The lowest BCUT2D eigenvalue weighted by Crippen LogP contribution is -2.25. The molecule has 9 heteroatoms. The number of aliphatic hydroxyl groups excluding tert-OH is 1. The molecule has 1 aliphatic rings. The molecule has 0 bridgehead atoms. The molecule has 1 aliphatic carbocycles. The summed E-state index contributed by atoms with van der Waals surface area (Å²) in [7, 11) is -5.62. The zero-order valence-electron chi connectivity index (χ0n) is 9.08. The van der Waals surface area contributed by atoms with Crippen molar-refractivity contribution in [1.82, 2.24) is 0 Å². The van der Waals surface area contributed by atoms with Crippen LogP contribution < -0.4 is 0 Å². The molecule has 0 fully saturated rings. The lowest BCUT2D eigenvalue weighted by Gasteiger charge is -2.15. The highest BCUT2D eigenvalue weighted by molar-refractivity contribution is 9.10. The standard InChI is InChI=1S/C10H7BrF4O3S/c11-5-1-2-7(19(17,18)10(13,14)15)8-4(5)3-6(12)9(8)16/h1-2,6,9,16H,3H2. The Morgan fingerprint density at radius 1 is 1.32 bits per heavy atom. The summed E-state index contributed by atoms with van der Waals surface area (Å²) in [6, 6.07) is 1.81. The summed E-state index contributed by atoms with van der Waals surface area (Å²) in [6.45, 7) is 0. The summed E-state index contributed by atoms with van der Waals surface area (Å²) in [5.41, 5.74) is -5.97. The van der Waals surface area contributed by atoms with Gasteiger partial charge < -0.3 is 5.11 Å². The van der Waals surface area contributed by atoms with Crippen LogP contribution in [0.3, 0.4) is 0 Å². The molecule has 1 N–H and O–H groups in total. The third kappa shape index (κ3) is 2.17. The highest BCUT2D eigenvalue weighted by Crippen LogP contribution is 2.44. The van der Waals surface area contributed by atoms with Gasteiger partial charge in [0.15, 0.2) is 0 Å². The summed E-state index contributed by atoms with van der Waals surface area (Å²) in [5, 5.41) is 9.56. The van der Waals surface area contributed by atoms with E-state index in [9.17, 15) is 31.1 Å². The predicted octanol–water partition coefficient (Wildman–Crippen LogP) is 2.67. The number of sulfone groups is 1. The van der Waals surface area contributed by atoms with Gasteiger partial charge in [-0.15, -0.1) is 0 Å². The van der Waals surface area contributed by atoms with Crippen molar-refractivity contribution < 1.29 is 31.1 Å². The molecule has 106 valence electrons. The van der Waals surface area contributed by atoms with Gasteiger partial charge in [-0.25, -0.2) is 12.8 Å². The molecule has 0 amide bonds. The zero-order chi connectivity index (χ0) is 14.6. The van der Waals surface area contributed by atoms with E-state index in [0.717, 1.165) is 6.07 Å². The van der Waals surface area contributed by atoms with Crippen molar-refractivity contribution in [1.29, 1.82) is 0 Å². The number of alkyl halides is 4. The highest BCUT2D eigenvalue weighted by Gasteiger charge is 2.50. The number of hydrogen-bond donors (Lipinski definition) is 1. The Labute approximate surface area is 114 Å². The van der Waals surface area contributed by atoms with E-state index in [1.807, 2.05) is 0 Å². The van der Waals surface area contributed by atoms with Crippen LogP contribution in [0.1, 0.15) is 17.2 Å². The third-order valence-electron chi connectivity index (χ3n) is 2.89. The minimum atomic E-state index is -5.62. The number of benzene rings is 1. The minimum absolute atomic E-state index is 0.0466. The van der Waals surface area contributed by atoms with Crippen molar-refractivity contribution in [2.24, 2.45) is 0 Å². The summed E-state index contributed by atoms with van der Waals surface area (Å²) >= 11 is 3.00. The fraction of sp³-hybridized carbons (Fsp3) is 0.400. The molecule has 2 atom stereocenters. The Hall–Kier alpha value is -0.670. The summed E-state index contributed by atoms with van der Waals surface area (Å²) in [5.74, 6) is 0. The molecule has 0 aliphatic heterocycles. The van der Waals surface area contributed by atoms with Gasteiger partial charge in [0.2, 0.25) is 0 Å². The van der Waals surface area contributed by atoms with Gasteiger partial charge in [0, 0.05) is 16.5 Å². The molecule has 19 heavy (non-hydrogen) atoms. The van der Waals surface area contributed by atoms with E-state index in [-0.39, 0.29) is 16.5 Å². The lowest BCUT2D eigenvalue weighted by atomic mass is 10.1. The number of fused-ring (bicyclic) bond motifs is 1. The Balaban J connectivity index is 2.74. The van der Waals surface area contributed by atoms with Crippen LogP contribution in [0.2, 0.25) is 0 Å². The minimum Gasteiger partial charge on any atom is -0.385 e. The van der Waals surface area contributed by atoms with E-state index < -0.39 is 38.1 Å². The van der Waals surface area contributed by atoms with Gasteiger partial charge in [-0.1, -0.05) is 15.9 Å². The second-order valence-corrected chi connectivity index (χ2v) is 6.82. The lowest BCUT2D eigenvalue weighted by molar-refractivity contribution is -0.0437. The monoisotopic (exact) mass is 362 g/mol. The van der Waals surface area contributed by atoms with Crippen molar-refractivity contribution in [2.45, 2.75) is 29.1 Å². The Bertz CT molecular complexity index is 626. The average Bonchev–Trinajstić information content (AvgIpc) is 2.56. The van der Waals surface area contributed by atoms with Crippen molar-refractivity contribution in [3.8, 4) is 0 Å². The van der Waals surface area contributed by atoms with Crippen LogP contribution >= 0.6 is 15.9 Å². The average molecular weight is 363 g/mol. The third-order valence-corrected chi connectivity index (χ3v) is 5.18. The molecular formula is C10H7BrF4O3S. The van der Waals surface area contributed by atoms with E-state index in [4.69, 9.17) is 0 Å². The molecule has 0 heterocycles. The number of rotatable bonds is 1. The van der Waals surface area contributed by atoms with Crippen LogP contribution in [0, 0.1) is 0 Å². The first-order chi connectivity index (χ1) is 8.57. The molecule has 2 rings (SSSR count). The molecule has 0 spiro atoms. The quantitative estimate of drug-likeness (QED) is 0.781. The van der Waals surface area contributed by atoms with Crippen LogP contribution in [0.15, 0.2) is 21.5 Å². The molecular weight excluding hydrogens is 356 g/mol. The largest absolute Gasteiger partial charge is 0.501 e. The first-order valence-corrected chi connectivity index (χ1v) is 7.29. The Morgan fingerprint density at radius 2 is 1.89 bits per heavy atom. The van der Waals surface area contributed by atoms with Crippen LogP contribution in [0.25, 0.3) is 0 Å². The normalized spacial score (nSPS) is 23.5. The predicted molar refractivity (Wildman–Crippen MR) is 60.9 cm³/mol. The van der Waals surface area contributed by atoms with Gasteiger partial charge in [0.1, 0.15) is 12.3 Å². The number of aliphatic hydroxyl groups is 1. The van der Waals surface area contributed by atoms with Crippen molar-refractivity contribution in [2.75, 3.05) is 0 Å². The molecule has 0 aromatic heterocycles. The topological polar surface area (TPSA) is 54.4 Å². The number of halogens is 5.